The zero-order chi connectivity index (χ0) is 24.2. The summed E-state index contributed by atoms with van der Waals surface area (Å²) in [5.41, 5.74) is -0.345. The largest absolute Gasteiger partial charge is 0.299 e. The molecule has 0 aliphatic rings. The van der Waals surface area contributed by atoms with E-state index in [0.717, 1.165) is 0 Å². The fraction of sp³-hybridized carbons (Fsp3) is 0.778. The Hall–Kier alpha value is -1.58. The Balaban J connectivity index is 7.18. The van der Waals surface area contributed by atoms with Crippen LogP contribution in [-0.4, -0.2) is 23.1 Å². The van der Waals surface area contributed by atoms with Crippen molar-refractivity contribution in [1.82, 2.24) is 0 Å². The van der Waals surface area contributed by atoms with Crippen LogP contribution in [0.15, 0.2) is 11.1 Å². The zero-order valence-corrected chi connectivity index (χ0v) is 21.4. The molecule has 178 valence electrons. The van der Waals surface area contributed by atoms with Crippen molar-refractivity contribution in [3.05, 3.63) is 11.1 Å². The van der Waals surface area contributed by atoms with Gasteiger partial charge in [0.2, 0.25) is 0 Å². The molecule has 0 N–H and O–H groups in total. The summed E-state index contributed by atoms with van der Waals surface area (Å²) in [6, 6.07) is 0. The monoisotopic (exact) mass is 434 g/mol. The Morgan fingerprint density at radius 3 is 1.61 bits per heavy atom. The Morgan fingerprint density at radius 2 is 1.23 bits per heavy atom. The molecule has 0 radical (unpaired) electrons. The summed E-state index contributed by atoms with van der Waals surface area (Å²) in [6.45, 7) is 15.4. The molecular weight excluding hydrogens is 388 g/mol. The fourth-order valence-electron chi connectivity index (χ4n) is 5.07. The van der Waals surface area contributed by atoms with E-state index in [9.17, 15) is 19.2 Å². The van der Waals surface area contributed by atoms with Crippen LogP contribution in [0.25, 0.3) is 0 Å². The third kappa shape index (κ3) is 6.70. The molecule has 0 fully saturated rings. The molecule has 4 heteroatoms. The molecule has 0 amide bonds. The Kier molecular flexibility index (Phi) is 13.7. The second kappa shape index (κ2) is 14.5. The summed E-state index contributed by atoms with van der Waals surface area (Å²) in [5.74, 6) is -1.03. The van der Waals surface area contributed by atoms with Gasteiger partial charge in [0.1, 0.15) is 11.6 Å². The van der Waals surface area contributed by atoms with Gasteiger partial charge in [-0.05, 0) is 57.4 Å². The Morgan fingerprint density at radius 1 is 0.710 bits per heavy atom. The number of carbonyl (C=O) groups is 4. The lowest BCUT2D eigenvalue weighted by Crippen LogP contribution is -2.45. The number of hydrogen-bond acceptors (Lipinski definition) is 4. The van der Waals surface area contributed by atoms with E-state index < -0.39 is 11.3 Å². The first-order valence-electron chi connectivity index (χ1n) is 12.5. The molecule has 0 aliphatic heterocycles. The molecule has 0 saturated carbocycles. The first-order chi connectivity index (χ1) is 14.7. The second-order valence-corrected chi connectivity index (χ2v) is 8.73. The number of carbonyl (C=O) groups excluding carboxylic acids is 4. The highest BCUT2D eigenvalue weighted by Crippen LogP contribution is 2.46. The van der Waals surface area contributed by atoms with E-state index >= 15 is 0 Å². The van der Waals surface area contributed by atoms with Crippen molar-refractivity contribution in [3.63, 3.8) is 0 Å². The van der Waals surface area contributed by atoms with E-state index in [1.807, 2.05) is 48.5 Å². The van der Waals surface area contributed by atoms with Gasteiger partial charge >= 0.3 is 0 Å². The van der Waals surface area contributed by atoms with Crippen LogP contribution in [0, 0.1) is 17.3 Å². The summed E-state index contributed by atoms with van der Waals surface area (Å²) in [4.78, 5) is 53.6. The third-order valence-electron chi connectivity index (χ3n) is 6.82. The SMILES string of the molecule is CCCC(=O)/C(C(=O)C(CC)CC)=C(/C)C(CC)(C(=O)CCC)C(CC)C(=O)CCC. The molecule has 2 atom stereocenters. The maximum atomic E-state index is 13.7. The average Bonchev–Trinajstić information content (AvgIpc) is 2.73. The van der Waals surface area contributed by atoms with E-state index in [4.69, 9.17) is 0 Å². The van der Waals surface area contributed by atoms with Crippen LogP contribution >= 0.6 is 0 Å². The first-order valence-corrected chi connectivity index (χ1v) is 12.5. The number of hydrogen-bond donors (Lipinski definition) is 0. The number of rotatable bonds is 17. The van der Waals surface area contributed by atoms with Crippen LogP contribution < -0.4 is 0 Å². The van der Waals surface area contributed by atoms with Gasteiger partial charge < -0.3 is 0 Å². The third-order valence-corrected chi connectivity index (χ3v) is 6.82. The van der Waals surface area contributed by atoms with Crippen molar-refractivity contribution in [3.8, 4) is 0 Å². The molecular formula is C27H46O4. The van der Waals surface area contributed by atoms with Crippen LogP contribution in [0.5, 0.6) is 0 Å². The summed E-state index contributed by atoms with van der Waals surface area (Å²) in [6.07, 6.45) is 5.30. The lowest BCUT2D eigenvalue weighted by molar-refractivity contribution is -0.138. The quantitative estimate of drug-likeness (QED) is 0.143. The van der Waals surface area contributed by atoms with Gasteiger partial charge in [-0.2, -0.15) is 0 Å². The van der Waals surface area contributed by atoms with Crippen LogP contribution in [0.1, 0.15) is 120 Å². The molecule has 0 spiro atoms. The smallest absolute Gasteiger partial charge is 0.169 e. The summed E-state index contributed by atoms with van der Waals surface area (Å²) in [7, 11) is 0. The van der Waals surface area contributed by atoms with E-state index in [2.05, 4.69) is 0 Å². The standard InChI is InChI=1S/C27H46O4/c1-9-16-22(28)21(14-6)27(15-7,24(30)18-11-3)19(8)25(23(29)17-10-2)26(31)20(12-4)13-5/h20-21H,9-18H2,1-8H3/b25-19+. The number of ketones is 4. The van der Waals surface area contributed by atoms with E-state index in [-0.39, 0.29) is 41.0 Å². The van der Waals surface area contributed by atoms with Gasteiger partial charge in [0, 0.05) is 31.1 Å². The minimum atomic E-state index is -1.09. The van der Waals surface area contributed by atoms with Gasteiger partial charge in [-0.1, -0.05) is 48.5 Å². The predicted octanol–water partition coefficient (Wildman–Crippen LogP) is 6.84. The number of allylic oxidation sites excluding steroid dienone is 2. The Bertz CT molecular complexity index is 654. The highest BCUT2D eigenvalue weighted by molar-refractivity contribution is 6.22. The molecule has 0 rings (SSSR count). The van der Waals surface area contributed by atoms with Gasteiger partial charge in [0.05, 0.1) is 11.0 Å². The van der Waals surface area contributed by atoms with Gasteiger partial charge in [-0.25, -0.2) is 0 Å². The minimum Gasteiger partial charge on any atom is -0.299 e. The van der Waals surface area contributed by atoms with E-state index in [1.165, 1.54) is 0 Å². The molecule has 0 aromatic rings. The molecule has 31 heavy (non-hydrogen) atoms. The second-order valence-electron chi connectivity index (χ2n) is 8.73. The normalized spacial score (nSPS) is 15.3. The van der Waals surface area contributed by atoms with Crippen LogP contribution in [0.3, 0.4) is 0 Å². The van der Waals surface area contributed by atoms with Crippen LogP contribution in [0.4, 0.5) is 0 Å². The van der Waals surface area contributed by atoms with Gasteiger partial charge in [0.15, 0.2) is 11.6 Å². The molecule has 0 saturated heterocycles. The van der Waals surface area contributed by atoms with Gasteiger partial charge in [-0.15, -0.1) is 0 Å². The highest BCUT2D eigenvalue weighted by Gasteiger charge is 2.49. The molecule has 2 unspecified atom stereocenters. The first kappa shape index (κ1) is 29.4. The molecule has 4 nitrogen and oxygen atoms in total. The predicted molar refractivity (Wildman–Crippen MR) is 128 cm³/mol. The summed E-state index contributed by atoms with van der Waals surface area (Å²) < 4.78 is 0. The van der Waals surface area contributed by atoms with Gasteiger partial charge in [-0.3, -0.25) is 19.2 Å². The van der Waals surface area contributed by atoms with Crippen molar-refractivity contribution in [2.75, 3.05) is 0 Å². The summed E-state index contributed by atoms with van der Waals surface area (Å²) in [5, 5.41) is 0. The topological polar surface area (TPSA) is 68.3 Å². The lowest BCUT2D eigenvalue weighted by Gasteiger charge is -2.40. The Labute approximate surface area is 190 Å². The van der Waals surface area contributed by atoms with Crippen molar-refractivity contribution < 1.29 is 19.2 Å². The minimum absolute atomic E-state index is 0.00884. The van der Waals surface area contributed by atoms with Crippen molar-refractivity contribution in [1.29, 1.82) is 0 Å². The highest BCUT2D eigenvalue weighted by atomic mass is 16.2. The fourth-order valence-corrected chi connectivity index (χ4v) is 5.07. The molecule has 0 heterocycles. The summed E-state index contributed by atoms with van der Waals surface area (Å²) >= 11 is 0. The van der Waals surface area contributed by atoms with Crippen LogP contribution in [0.2, 0.25) is 0 Å². The zero-order valence-electron chi connectivity index (χ0n) is 21.4. The van der Waals surface area contributed by atoms with Crippen LogP contribution in [-0.2, 0) is 19.2 Å². The maximum absolute atomic E-state index is 13.7. The van der Waals surface area contributed by atoms with Crippen molar-refractivity contribution >= 4 is 23.1 Å². The molecule has 0 aliphatic carbocycles. The molecule has 0 aromatic heterocycles. The maximum Gasteiger partial charge on any atom is 0.169 e. The average molecular weight is 435 g/mol. The van der Waals surface area contributed by atoms with Gasteiger partial charge in [0.25, 0.3) is 0 Å². The molecule has 0 bridgehead atoms. The number of Topliss-reactive ketones (excluding diaryl/α,β-unsaturated/α-hetero) is 4. The van der Waals surface area contributed by atoms with Crippen molar-refractivity contribution in [2.45, 2.75) is 120 Å². The lowest BCUT2D eigenvalue weighted by atomic mass is 9.60. The van der Waals surface area contributed by atoms with Crippen molar-refractivity contribution in [2.24, 2.45) is 17.3 Å². The van der Waals surface area contributed by atoms with E-state index in [1.54, 1.807) is 6.92 Å². The molecule has 0 aromatic carbocycles. The van der Waals surface area contributed by atoms with E-state index in [0.29, 0.717) is 63.4 Å².